The van der Waals surface area contributed by atoms with Gasteiger partial charge in [0.15, 0.2) is 5.96 Å². The highest BCUT2D eigenvalue weighted by Crippen LogP contribution is 2.19. The minimum Gasteiger partial charge on any atom is -0.444 e. The Labute approximate surface area is 169 Å². The van der Waals surface area contributed by atoms with Crippen LogP contribution in [0.1, 0.15) is 17.2 Å². The van der Waals surface area contributed by atoms with E-state index in [9.17, 15) is 9.50 Å². The summed E-state index contributed by atoms with van der Waals surface area (Å²) in [7, 11) is 1.70. The first-order valence-electron chi connectivity index (χ1n) is 9.50. The Balaban J connectivity index is 1.47. The van der Waals surface area contributed by atoms with Gasteiger partial charge in [-0.2, -0.15) is 0 Å². The van der Waals surface area contributed by atoms with Crippen LogP contribution in [-0.4, -0.2) is 42.8 Å². The Morgan fingerprint density at radius 1 is 1.14 bits per heavy atom. The highest BCUT2D eigenvalue weighted by Gasteiger charge is 2.11. The number of guanidine groups is 1. The fourth-order valence-electron chi connectivity index (χ4n) is 2.91. The molecule has 1 aromatic heterocycles. The van der Waals surface area contributed by atoms with Gasteiger partial charge in [0.25, 0.3) is 0 Å². The maximum atomic E-state index is 13.0. The van der Waals surface area contributed by atoms with Crippen molar-refractivity contribution in [2.75, 3.05) is 26.7 Å². The van der Waals surface area contributed by atoms with Crippen molar-refractivity contribution in [2.45, 2.75) is 12.3 Å². The van der Waals surface area contributed by atoms with Crippen LogP contribution < -0.4 is 10.6 Å². The highest BCUT2D eigenvalue weighted by molar-refractivity contribution is 5.79. The predicted octanol–water partition coefficient (Wildman–Crippen LogP) is 2.96. The number of oxazole rings is 1. The standard InChI is InChI=1S/C22H25FN4O2/c1-24-22(26-13-18(14-28)16-5-3-2-4-6-16)25-12-11-20-15-29-21(27-20)17-7-9-19(23)10-8-17/h2-10,15,18,28H,11-14H2,1H3,(H2,24,25,26). The molecule has 3 aromatic rings. The van der Waals surface area contributed by atoms with Crippen LogP contribution in [0.3, 0.4) is 0 Å². The van der Waals surface area contributed by atoms with Crippen molar-refractivity contribution in [3.05, 3.63) is 77.9 Å². The summed E-state index contributed by atoms with van der Waals surface area (Å²) < 4.78 is 18.5. The molecule has 0 saturated heterocycles. The van der Waals surface area contributed by atoms with E-state index >= 15 is 0 Å². The van der Waals surface area contributed by atoms with Crippen LogP contribution in [0.25, 0.3) is 11.5 Å². The molecule has 0 saturated carbocycles. The lowest BCUT2D eigenvalue weighted by molar-refractivity contribution is 0.265. The molecule has 0 radical (unpaired) electrons. The molecule has 0 spiro atoms. The molecule has 7 heteroatoms. The van der Waals surface area contributed by atoms with E-state index in [1.165, 1.54) is 12.1 Å². The van der Waals surface area contributed by atoms with Gasteiger partial charge in [0.05, 0.1) is 12.3 Å². The topological polar surface area (TPSA) is 82.7 Å². The second-order valence-electron chi connectivity index (χ2n) is 6.57. The molecule has 3 N–H and O–H groups in total. The Hall–Kier alpha value is -3.19. The number of nitrogens with one attached hydrogen (secondary N) is 2. The maximum Gasteiger partial charge on any atom is 0.226 e. The van der Waals surface area contributed by atoms with Crippen molar-refractivity contribution >= 4 is 5.96 Å². The summed E-state index contributed by atoms with van der Waals surface area (Å²) in [6.07, 6.45) is 2.25. The lowest BCUT2D eigenvalue weighted by Gasteiger charge is -2.18. The molecule has 29 heavy (non-hydrogen) atoms. The lowest BCUT2D eigenvalue weighted by Crippen LogP contribution is -2.40. The van der Waals surface area contributed by atoms with E-state index in [0.29, 0.717) is 31.4 Å². The van der Waals surface area contributed by atoms with Gasteiger partial charge in [-0.3, -0.25) is 4.99 Å². The molecule has 0 aliphatic carbocycles. The number of aliphatic hydroxyl groups is 1. The van der Waals surface area contributed by atoms with E-state index in [0.717, 1.165) is 16.8 Å². The van der Waals surface area contributed by atoms with E-state index in [2.05, 4.69) is 20.6 Å². The quantitative estimate of drug-likeness (QED) is 0.403. The van der Waals surface area contributed by atoms with Crippen LogP contribution in [0.15, 0.2) is 70.3 Å². The number of aliphatic imine (C=N–C) groups is 1. The van der Waals surface area contributed by atoms with Crippen LogP contribution in [0.5, 0.6) is 0 Å². The average molecular weight is 396 g/mol. The monoisotopic (exact) mass is 396 g/mol. The SMILES string of the molecule is CN=C(NCCc1coc(-c2ccc(F)cc2)n1)NCC(CO)c1ccccc1. The normalized spacial score (nSPS) is 12.6. The number of halogens is 1. The smallest absolute Gasteiger partial charge is 0.226 e. The molecule has 6 nitrogen and oxygen atoms in total. The fourth-order valence-corrected chi connectivity index (χ4v) is 2.91. The minimum absolute atomic E-state index is 0.0106. The molecule has 152 valence electrons. The van der Waals surface area contributed by atoms with Gasteiger partial charge in [-0.1, -0.05) is 30.3 Å². The summed E-state index contributed by atoms with van der Waals surface area (Å²) in [5.74, 6) is 0.820. The van der Waals surface area contributed by atoms with E-state index < -0.39 is 0 Å². The van der Waals surface area contributed by atoms with E-state index in [1.54, 1.807) is 25.4 Å². The van der Waals surface area contributed by atoms with Gasteiger partial charge >= 0.3 is 0 Å². The minimum atomic E-state index is -0.292. The molecular formula is C22H25FN4O2. The maximum absolute atomic E-state index is 13.0. The molecular weight excluding hydrogens is 371 g/mol. The third-order valence-electron chi connectivity index (χ3n) is 4.55. The Morgan fingerprint density at radius 3 is 2.59 bits per heavy atom. The summed E-state index contributed by atoms with van der Waals surface area (Å²) in [5.41, 5.74) is 2.61. The van der Waals surface area contributed by atoms with Crippen molar-refractivity contribution < 1.29 is 13.9 Å². The fraction of sp³-hybridized carbons (Fsp3) is 0.273. The number of hydrogen-bond donors (Lipinski definition) is 3. The number of aliphatic hydroxyl groups excluding tert-OH is 1. The van der Waals surface area contributed by atoms with Gasteiger partial charge in [0.2, 0.25) is 5.89 Å². The van der Waals surface area contributed by atoms with E-state index in [1.807, 2.05) is 30.3 Å². The van der Waals surface area contributed by atoms with E-state index in [-0.39, 0.29) is 18.3 Å². The van der Waals surface area contributed by atoms with Crippen LogP contribution in [0, 0.1) is 5.82 Å². The Bertz CT molecular complexity index is 910. The van der Waals surface area contributed by atoms with Crippen molar-refractivity contribution in [1.29, 1.82) is 0 Å². The summed E-state index contributed by atoms with van der Waals surface area (Å²) in [5, 5.41) is 16.1. The lowest BCUT2D eigenvalue weighted by atomic mass is 10.0. The summed E-state index contributed by atoms with van der Waals surface area (Å²) in [4.78, 5) is 8.65. The van der Waals surface area contributed by atoms with Crippen molar-refractivity contribution in [1.82, 2.24) is 15.6 Å². The Kier molecular flexibility index (Phi) is 7.35. The molecule has 1 atom stereocenters. The summed E-state index contributed by atoms with van der Waals surface area (Å²) in [6.45, 7) is 1.24. The first kappa shape index (κ1) is 20.5. The number of aromatic nitrogens is 1. The van der Waals surface area contributed by atoms with Gasteiger partial charge in [0, 0.05) is 38.0 Å². The second-order valence-corrected chi connectivity index (χ2v) is 6.57. The highest BCUT2D eigenvalue weighted by atomic mass is 19.1. The van der Waals surface area contributed by atoms with Crippen molar-refractivity contribution in [3.63, 3.8) is 0 Å². The molecule has 2 aromatic carbocycles. The van der Waals surface area contributed by atoms with Gasteiger partial charge in [0.1, 0.15) is 12.1 Å². The zero-order valence-electron chi connectivity index (χ0n) is 16.3. The van der Waals surface area contributed by atoms with Crippen LogP contribution in [0.4, 0.5) is 4.39 Å². The van der Waals surface area contributed by atoms with Crippen molar-refractivity contribution in [3.8, 4) is 11.5 Å². The van der Waals surface area contributed by atoms with Crippen LogP contribution >= 0.6 is 0 Å². The van der Waals surface area contributed by atoms with Crippen molar-refractivity contribution in [2.24, 2.45) is 4.99 Å². The first-order chi connectivity index (χ1) is 14.2. The number of hydrogen-bond acceptors (Lipinski definition) is 4. The molecule has 0 bridgehead atoms. The largest absolute Gasteiger partial charge is 0.444 e. The molecule has 0 aliphatic heterocycles. The average Bonchev–Trinajstić information content (AvgIpc) is 3.23. The second kappa shape index (κ2) is 10.4. The molecule has 3 rings (SSSR count). The Morgan fingerprint density at radius 2 is 1.90 bits per heavy atom. The third-order valence-corrected chi connectivity index (χ3v) is 4.55. The van der Waals surface area contributed by atoms with Gasteiger partial charge in [-0.05, 0) is 29.8 Å². The van der Waals surface area contributed by atoms with Gasteiger partial charge in [-0.15, -0.1) is 0 Å². The van der Waals surface area contributed by atoms with Crippen LogP contribution in [-0.2, 0) is 6.42 Å². The van der Waals surface area contributed by atoms with E-state index in [4.69, 9.17) is 4.42 Å². The molecule has 1 unspecified atom stereocenters. The van der Waals surface area contributed by atoms with Gasteiger partial charge < -0.3 is 20.2 Å². The van der Waals surface area contributed by atoms with Gasteiger partial charge in [-0.25, -0.2) is 9.37 Å². The number of rotatable bonds is 8. The van der Waals surface area contributed by atoms with Crippen LogP contribution in [0.2, 0.25) is 0 Å². The zero-order chi connectivity index (χ0) is 20.5. The first-order valence-corrected chi connectivity index (χ1v) is 9.50. The molecule has 0 amide bonds. The third kappa shape index (κ3) is 5.89. The summed E-state index contributed by atoms with van der Waals surface area (Å²) in [6, 6.07) is 15.9. The number of benzene rings is 2. The number of nitrogens with zero attached hydrogens (tertiary/aromatic N) is 2. The summed E-state index contributed by atoms with van der Waals surface area (Å²) >= 11 is 0. The molecule has 1 heterocycles. The molecule has 0 aliphatic rings. The predicted molar refractivity (Wildman–Crippen MR) is 111 cm³/mol. The zero-order valence-corrected chi connectivity index (χ0v) is 16.3. The molecule has 0 fully saturated rings.